The highest BCUT2D eigenvalue weighted by atomic mass is 32.1. The highest BCUT2D eigenvalue weighted by Gasteiger charge is 2.25. The number of aromatic nitrogens is 1. The number of nitrogens with zero attached hydrogens (tertiary/aromatic N) is 4. The van der Waals surface area contributed by atoms with Crippen molar-refractivity contribution in [3.63, 3.8) is 0 Å². The summed E-state index contributed by atoms with van der Waals surface area (Å²) in [5, 5.41) is 5.98. The molecule has 3 heterocycles. The first-order valence-corrected chi connectivity index (χ1v) is 11.5. The van der Waals surface area contributed by atoms with Gasteiger partial charge in [0.25, 0.3) is 0 Å². The van der Waals surface area contributed by atoms with E-state index in [1.165, 1.54) is 0 Å². The van der Waals surface area contributed by atoms with Gasteiger partial charge in [0.05, 0.1) is 13.1 Å². The van der Waals surface area contributed by atoms with E-state index in [1.54, 1.807) is 17.5 Å². The van der Waals surface area contributed by atoms with Crippen molar-refractivity contribution in [3.8, 4) is 0 Å². The Kier molecular flexibility index (Phi) is 7.09. The summed E-state index contributed by atoms with van der Waals surface area (Å²) in [5.41, 5.74) is 1.03. The van der Waals surface area contributed by atoms with Gasteiger partial charge in [-0.1, -0.05) is 30.3 Å². The van der Waals surface area contributed by atoms with Crippen LogP contribution in [-0.4, -0.2) is 83.9 Å². The highest BCUT2D eigenvalue weighted by Crippen LogP contribution is 2.23. The fraction of sp³-hybridized carbons (Fsp3) is 0.500. The van der Waals surface area contributed by atoms with Crippen LogP contribution < -0.4 is 5.32 Å². The van der Waals surface area contributed by atoms with E-state index < -0.39 is 0 Å². The number of thiazole rings is 1. The molecule has 30 heavy (non-hydrogen) atoms. The van der Waals surface area contributed by atoms with Crippen molar-refractivity contribution in [1.29, 1.82) is 0 Å². The maximum atomic E-state index is 12.8. The summed E-state index contributed by atoms with van der Waals surface area (Å²) < 4.78 is 0. The molecule has 0 radical (unpaired) electrons. The van der Waals surface area contributed by atoms with Gasteiger partial charge in [0.15, 0.2) is 0 Å². The quantitative estimate of drug-likeness (QED) is 0.727. The van der Waals surface area contributed by atoms with Crippen molar-refractivity contribution in [2.24, 2.45) is 0 Å². The van der Waals surface area contributed by atoms with Gasteiger partial charge < -0.3 is 10.2 Å². The molecule has 1 aromatic carbocycles. The molecule has 1 atom stereocenters. The Labute approximate surface area is 181 Å². The van der Waals surface area contributed by atoms with Crippen molar-refractivity contribution >= 4 is 23.2 Å². The summed E-state index contributed by atoms with van der Waals surface area (Å²) in [6.07, 6.45) is 4.02. The average molecular weight is 428 g/mol. The number of piperazine rings is 1. The topological polar surface area (TPSA) is 68.8 Å². The summed E-state index contributed by atoms with van der Waals surface area (Å²) in [6.45, 7) is 5.91. The molecule has 1 aromatic heterocycles. The molecule has 2 aromatic rings. The second-order valence-electron chi connectivity index (χ2n) is 7.92. The van der Waals surface area contributed by atoms with Crippen LogP contribution in [0.25, 0.3) is 0 Å². The fourth-order valence-electron chi connectivity index (χ4n) is 4.08. The van der Waals surface area contributed by atoms with Crippen molar-refractivity contribution in [2.75, 3.05) is 52.4 Å². The number of benzene rings is 1. The summed E-state index contributed by atoms with van der Waals surface area (Å²) in [4.78, 5) is 35.9. The maximum Gasteiger partial charge on any atom is 0.236 e. The number of hydrogen-bond donors (Lipinski definition) is 1. The van der Waals surface area contributed by atoms with Crippen molar-refractivity contribution in [3.05, 3.63) is 52.5 Å². The van der Waals surface area contributed by atoms with Crippen LogP contribution in [0.5, 0.6) is 0 Å². The molecule has 4 rings (SSSR count). The van der Waals surface area contributed by atoms with Gasteiger partial charge in [-0.25, -0.2) is 4.98 Å². The predicted molar refractivity (Wildman–Crippen MR) is 117 cm³/mol. The molecule has 2 saturated heterocycles. The van der Waals surface area contributed by atoms with Gasteiger partial charge >= 0.3 is 0 Å². The van der Waals surface area contributed by atoms with E-state index in [4.69, 9.17) is 0 Å². The van der Waals surface area contributed by atoms with Crippen LogP contribution in [0, 0.1) is 0 Å². The van der Waals surface area contributed by atoms with Crippen LogP contribution in [0.3, 0.4) is 0 Å². The van der Waals surface area contributed by atoms with Gasteiger partial charge in [0.1, 0.15) is 11.0 Å². The van der Waals surface area contributed by atoms with Crippen molar-refractivity contribution in [2.45, 2.75) is 18.9 Å². The standard InChI is InChI=1S/C22H29N5O2S/c28-19(24-21(22-23-8-15-30-22)18-6-2-1-3-7-18)16-25-11-13-26(14-12-25)17-20(29)27-9-4-5-10-27/h1-3,6-8,15,21H,4-5,9-14,16-17H2,(H,24,28). The van der Waals surface area contributed by atoms with Crippen molar-refractivity contribution in [1.82, 2.24) is 25.0 Å². The number of nitrogens with one attached hydrogen (secondary N) is 1. The van der Waals surface area contributed by atoms with Gasteiger partial charge in [-0.05, 0) is 18.4 Å². The molecule has 2 fully saturated rings. The summed E-state index contributed by atoms with van der Waals surface area (Å²) in [7, 11) is 0. The Bertz CT molecular complexity index is 815. The van der Waals surface area contributed by atoms with Gasteiger partial charge in [0.2, 0.25) is 11.8 Å². The van der Waals surface area contributed by atoms with E-state index in [-0.39, 0.29) is 17.9 Å². The maximum absolute atomic E-state index is 12.8. The molecule has 0 aliphatic carbocycles. The predicted octanol–water partition coefficient (Wildman–Crippen LogP) is 1.59. The average Bonchev–Trinajstić information content (AvgIpc) is 3.48. The van der Waals surface area contributed by atoms with Gasteiger partial charge in [-0.3, -0.25) is 19.4 Å². The number of amides is 2. The molecule has 160 valence electrons. The number of carbonyl (C=O) groups excluding carboxylic acids is 2. The summed E-state index contributed by atoms with van der Waals surface area (Å²) in [6, 6.07) is 9.73. The number of carbonyl (C=O) groups is 2. The number of hydrogen-bond acceptors (Lipinski definition) is 6. The molecule has 0 spiro atoms. The van der Waals surface area contributed by atoms with Crippen LogP contribution in [-0.2, 0) is 9.59 Å². The summed E-state index contributed by atoms with van der Waals surface area (Å²) >= 11 is 1.55. The lowest BCUT2D eigenvalue weighted by Crippen LogP contribution is -2.52. The SMILES string of the molecule is O=C(CN1CCN(CC(=O)N2CCCC2)CC1)NC(c1ccccc1)c1nccs1. The van der Waals surface area contributed by atoms with Gasteiger partial charge in [-0.2, -0.15) is 0 Å². The molecule has 1 N–H and O–H groups in total. The fourth-order valence-corrected chi connectivity index (χ4v) is 4.80. The normalized spacial score (nSPS) is 19.0. The monoisotopic (exact) mass is 427 g/mol. The molecular formula is C22H29N5O2S. The van der Waals surface area contributed by atoms with E-state index in [1.807, 2.05) is 40.6 Å². The van der Waals surface area contributed by atoms with Gasteiger partial charge in [0, 0.05) is 50.8 Å². The van der Waals surface area contributed by atoms with E-state index in [0.717, 1.165) is 62.7 Å². The molecule has 2 amide bonds. The Balaban J connectivity index is 1.26. The van der Waals surface area contributed by atoms with E-state index in [9.17, 15) is 9.59 Å². The number of rotatable bonds is 7. The number of likely N-dealkylation sites (tertiary alicyclic amines) is 1. The molecule has 8 heteroatoms. The first-order chi connectivity index (χ1) is 14.7. The second kappa shape index (κ2) is 10.1. The van der Waals surface area contributed by atoms with Gasteiger partial charge in [-0.15, -0.1) is 11.3 Å². The Morgan fingerprint density at radius 1 is 0.967 bits per heavy atom. The molecule has 0 bridgehead atoms. The second-order valence-corrected chi connectivity index (χ2v) is 8.85. The van der Waals surface area contributed by atoms with Crippen LogP contribution >= 0.6 is 11.3 Å². The van der Waals surface area contributed by atoms with Crippen LogP contribution in [0.1, 0.15) is 29.5 Å². The van der Waals surface area contributed by atoms with Crippen LogP contribution in [0.2, 0.25) is 0 Å². The lowest BCUT2D eigenvalue weighted by atomic mass is 10.1. The van der Waals surface area contributed by atoms with E-state index >= 15 is 0 Å². The zero-order valence-electron chi connectivity index (χ0n) is 17.2. The molecule has 2 aliphatic heterocycles. The zero-order chi connectivity index (χ0) is 20.8. The van der Waals surface area contributed by atoms with E-state index in [0.29, 0.717) is 13.1 Å². The Morgan fingerprint density at radius 2 is 1.63 bits per heavy atom. The van der Waals surface area contributed by atoms with Crippen LogP contribution in [0.15, 0.2) is 41.9 Å². The minimum absolute atomic E-state index is 0.000598. The summed E-state index contributed by atoms with van der Waals surface area (Å²) in [5.74, 6) is 0.244. The first kappa shape index (κ1) is 21.0. The highest BCUT2D eigenvalue weighted by molar-refractivity contribution is 7.09. The zero-order valence-corrected chi connectivity index (χ0v) is 18.0. The molecule has 7 nitrogen and oxygen atoms in total. The molecule has 1 unspecified atom stereocenters. The largest absolute Gasteiger partial charge is 0.342 e. The first-order valence-electron chi connectivity index (χ1n) is 10.7. The minimum atomic E-state index is -0.224. The third-order valence-electron chi connectivity index (χ3n) is 5.79. The third-order valence-corrected chi connectivity index (χ3v) is 6.63. The van der Waals surface area contributed by atoms with E-state index in [2.05, 4.69) is 20.1 Å². The smallest absolute Gasteiger partial charge is 0.236 e. The molecule has 0 saturated carbocycles. The Morgan fingerprint density at radius 3 is 2.27 bits per heavy atom. The van der Waals surface area contributed by atoms with Crippen molar-refractivity contribution < 1.29 is 9.59 Å². The lowest BCUT2D eigenvalue weighted by molar-refractivity contribution is -0.132. The lowest BCUT2D eigenvalue weighted by Gasteiger charge is -2.34. The minimum Gasteiger partial charge on any atom is -0.342 e. The molecule has 2 aliphatic rings. The van der Waals surface area contributed by atoms with Crippen LogP contribution in [0.4, 0.5) is 0 Å². The molecular weight excluding hydrogens is 398 g/mol. The third kappa shape index (κ3) is 5.44. The Hall–Kier alpha value is -2.29.